The van der Waals surface area contributed by atoms with Crippen LogP contribution in [0, 0.1) is 5.92 Å². The average molecular weight is 329 g/mol. The van der Waals surface area contributed by atoms with E-state index in [-0.39, 0.29) is 5.91 Å². The Morgan fingerprint density at radius 3 is 2.62 bits per heavy atom. The molecular formula is C20H31N3O. The van der Waals surface area contributed by atoms with Crippen LogP contribution >= 0.6 is 0 Å². The molecule has 2 aliphatic heterocycles. The molecule has 0 aromatic heterocycles. The fraction of sp³-hybridized carbons (Fsp3) is 0.650. The van der Waals surface area contributed by atoms with Crippen LogP contribution in [-0.2, 0) is 6.54 Å². The summed E-state index contributed by atoms with van der Waals surface area (Å²) in [6.07, 6.45) is 4.85. The van der Waals surface area contributed by atoms with E-state index in [0.29, 0.717) is 0 Å². The lowest BCUT2D eigenvalue weighted by Gasteiger charge is -2.32. The fourth-order valence-electron chi connectivity index (χ4n) is 3.87. The molecule has 0 spiro atoms. The van der Waals surface area contributed by atoms with Crippen molar-refractivity contribution in [2.45, 2.75) is 39.2 Å². The van der Waals surface area contributed by atoms with Crippen molar-refractivity contribution in [2.24, 2.45) is 5.92 Å². The first-order valence-electron chi connectivity index (χ1n) is 9.57. The largest absolute Gasteiger partial charge is 0.339 e. The zero-order valence-electron chi connectivity index (χ0n) is 15.0. The summed E-state index contributed by atoms with van der Waals surface area (Å²) in [4.78, 5) is 17.3. The molecule has 24 heavy (non-hydrogen) atoms. The molecule has 2 fully saturated rings. The van der Waals surface area contributed by atoms with Crippen LogP contribution in [0.4, 0.5) is 0 Å². The second kappa shape index (κ2) is 8.63. The van der Waals surface area contributed by atoms with Crippen molar-refractivity contribution < 1.29 is 4.79 Å². The minimum absolute atomic E-state index is 0.208. The topological polar surface area (TPSA) is 35.6 Å². The summed E-state index contributed by atoms with van der Waals surface area (Å²) >= 11 is 0. The molecule has 1 aromatic rings. The first-order chi connectivity index (χ1) is 11.8. The molecule has 3 rings (SSSR count). The number of amides is 1. The SMILES string of the molecule is CCNCC1CCN(C(=O)c2cccc(CN3CCCC3)c2)CC1. The molecule has 1 amide bonds. The van der Waals surface area contributed by atoms with Crippen LogP contribution in [0.15, 0.2) is 24.3 Å². The lowest BCUT2D eigenvalue weighted by molar-refractivity contribution is 0.0690. The van der Waals surface area contributed by atoms with E-state index in [2.05, 4.69) is 29.3 Å². The van der Waals surface area contributed by atoms with Crippen LogP contribution in [0.1, 0.15) is 48.5 Å². The molecule has 2 saturated heterocycles. The Kier molecular flexibility index (Phi) is 6.27. The van der Waals surface area contributed by atoms with Gasteiger partial charge < -0.3 is 10.2 Å². The maximum Gasteiger partial charge on any atom is 0.253 e. The predicted molar refractivity (Wildman–Crippen MR) is 98.1 cm³/mol. The molecule has 0 bridgehead atoms. The van der Waals surface area contributed by atoms with Crippen molar-refractivity contribution in [3.8, 4) is 0 Å². The Bertz CT molecular complexity index is 531. The summed E-state index contributed by atoms with van der Waals surface area (Å²) in [5, 5.41) is 3.43. The zero-order chi connectivity index (χ0) is 16.8. The summed E-state index contributed by atoms with van der Waals surface area (Å²) in [6, 6.07) is 8.26. The molecule has 4 heteroatoms. The molecule has 0 radical (unpaired) electrons. The van der Waals surface area contributed by atoms with E-state index in [4.69, 9.17) is 0 Å². The van der Waals surface area contributed by atoms with E-state index in [1.807, 2.05) is 17.0 Å². The summed E-state index contributed by atoms with van der Waals surface area (Å²) in [5.41, 5.74) is 2.13. The van der Waals surface area contributed by atoms with Crippen molar-refractivity contribution >= 4 is 5.91 Å². The van der Waals surface area contributed by atoms with Crippen molar-refractivity contribution in [3.05, 3.63) is 35.4 Å². The third-order valence-corrected chi connectivity index (χ3v) is 5.36. The van der Waals surface area contributed by atoms with Crippen LogP contribution in [0.2, 0.25) is 0 Å². The minimum Gasteiger partial charge on any atom is -0.339 e. The Morgan fingerprint density at radius 1 is 1.17 bits per heavy atom. The summed E-state index contributed by atoms with van der Waals surface area (Å²) in [6.45, 7) is 9.41. The third-order valence-electron chi connectivity index (χ3n) is 5.36. The molecular weight excluding hydrogens is 298 g/mol. The Hall–Kier alpha value is -1.39. The van der Waals surface area contributed by atoms with Gasteiger partial charge in [-0.05, 0) is 75.5 Å². The highest BCUT2D eigenvalue weighted by Crippen LogP contribution is 2.20. The number of benzene rings is 1. The molecule has 132 valence electrons. The van der Waals surface area contributed by atoms with Crippen molar-refractivity contribution in [1.82, 2.24) is 15.1 Å². The fourth-order valence-corrected chi connectivity index (χ4v) is 3.87. The molecule has 0 unspecified atom stereocenters. The zero-order valence-corrected chi connectivity index (χ0v) is 15.0. The van der Waals surface area contributed by atoms with E-state index in [1.165, 1.54) is 31.5 Å². The quantitative estimate of drug-likeness (QED) is 0.872. The highest BCUT2D eigenvalue weighted by molar-refractivity contribution is 5.94. The van der Waals surface area contributed by atoms with Gasteiger partial charge in [0.25, 0.3) is 5.91 Å². The third kappa shape index (κ3) is 4.58. The highest BCUT2D eigenvalue weighted by Gasteiger charge is 2.23. The number of hydrogen-bond donors (Lipinski definition) is 1. The number of nitrogens with one attached hydrogen (secondary N) is 1. The lowest BCUT2D eigenvalue weighted by Crippen LogP contribution is -2.40. The van der Waals surface area contributed by atoms with Gasteiger partial charge in [0.1, 0.15) is 0 Å². The number of piperidine rings is 1. The van der Waals surface area contributed by atoms with Gasteiger partial charge in [-0.3, -0.25) is 9.69 Å². The molecule has 2 aliphatic rings. The lowest BCUT2D eigenvalue weighted by atomic mass is 9.96. The number of rotatable bonds is 6. The van der Waals surface area contributed by atoms with Gasteiger partial charge in [-0.15, -0.1) is 0 Å². The molecule has 1 aromatic carbocycles. The van der Waals surface area contributed by atoms with Crippen molar-refractivity contribution in [3.63, 3.8) is 0 Å². The summed E-state index contributed by atoms with van der Waals surface area (Å²) < 4.78 is 0. The van der Waals surface area contributed by atoms with Crippen molar-refractivity contribution in [1.29, 1.82) is 0 Å². The second-order valence-electron chi connectivity index (χ2n) is 7.23. The van der Waals surface area contributed by atoms with E-state index >= 15 is 0 Å². The molecule has 4 nitrogen and oxygen atoms in total. The van der Waals surface area contributed by atoms with Gasteiger partial charge in [0, 0.05) is 25.2 Å². The first kappa shape index (κ1) is 17.4. The molecule has 0 atom stereocenters. The van der Waals surface area contributed by atoms with Gasteiger partial charge in [-0.2, -0.15) is 0 Å². The van der Waals surface area contributed by atoms with Crippen LogP contribution < -0.4 is 5.32 Å². The predicted octanol–water partition coefficient (Wildman–Crippen LogP) is 2.74. The number of carbonyl (C=O) groups excluding carboxylic acids is 1. The number of nitrogens with zero attached hydrogens (tertiary/aromatic N) is 2. The maximum absolute atomic E-state index is 12.8. The Balaban J connectivity index is 1.55. The normalized spacial score (nSPS) is 19.8. The number of likely N-dealkylation sites (tertiary alicyclic amines) is 2. The number of carbonyl (C=O) groups is 1. The molecule has 0 aliphatic carbocycles. The van der Waals surface area contributed by atoms with Gasteiger partial charge in [0.2, 0.25) is 0 Å². The van der Waals surface area contributed by atoms with Crippen molar-refractivity contribution in [2.75, 3.05) is 39.3 Å². The Labute approximate surface area is 146 Å². The monoisotopic (exact) mass is 329 g/mol. The minimum atomic E-state index is 0.208. The van der Waals surface area contributed by atoms with Gasteiger partial charge in [0.15, 0.2) is 0 Å². The van der Waals surface area contributed by atoms with E-state index < -0.39 is 0 Å². The van der Waals surface area contributed by atoms with Gasteiger partial charge in [-0.1, -0.05) is 19.1 Å². The second-order valence-corrected chi connectivity index (χ2v) is 7.23. The van der Waals surface area contributed by atoms with Gasteiger partial charge >= 0.3 is 0 Å². The molecule has 2 heterocycles. The molecule has 1 N–H and O–H groups in total. The van der Waals surface area contributed by atoms with Gasteiger partial charge in [0.05, 0.1) is 0 Å². The van der Waals surface area contributed by atoms with E-state index in [0.717, 1.165) is 57.0 Å². The van der Waals surface area contributed by atoms with Crippen LogP contribution in [0.3, 0.4) is 0 Å². The van der Waals surface area contributed by atoms with Crippen LogP contribution in [-0.4, -0.2) is 55.0 Å². The highest BCUT2D eigenvalue weighted by atomic mass is 16.2. The Morgan fingerprint density at radius 2 is 1.92 bits per heavy atom. The van der Waals surface area contributed by atoms with E-state index in [9.17, 15) is 4.79 Å². The maximum atomic E-state index is 12.8. The summed E-state index contributed by atoms with van der Waals surface area (Å²) in [7, 11) is 0. The first-order valence-corrected chi connectivity index (χ1v) is 9.57. The van der Waals surface area contributed by atoms with Crippen LogP contribution in [0.25, 0.3) is 0 Å². The molecule has 0 saturated carbocycles. The average Bonchev–Trinajstić information content (AvgIpc) is 3.13. The van der Waals surface area contributed by atoms with Crippen LogP contribution in [0.5, 0.6) is 0 Å². The van der Waals surface area contributed by atoms with Gasteiger partial charge in [-0.25, -0.2) is 0 Å². The van der Waals surface area contributed by atoms with E-state index in [1.54, 1.807) is 0 Å². The smallest absolute Gasteiger partial charge is 0.253 e. The standard InChI is InChI=1S/C20H31N3O/c1-2-21-15-17-8-12-23(13-9-17)20(24)19-7-5-6-18(14-19)16-22-10-3-4-11-22/h5-7,14,17,21H,2-4,8-13,15-16H2,1H3. The number of hydrogen-bond acceptors (Lipinski definition) is 3. The summed E-state index contributed by atoms with van der Waals surface area (Å²) in [5.74, 6) is 0.927.